The van der Waals surface area contributed by atoms with Gasteiger partial charge in [-0.3, -0.25) is 0 Å². The van der Waals surface area contributed by atoms with Gasteiger partial charge in [0.15, 0.2) is 0 Å². The van der Waals surface area contributed by atoms with E-state index in [4.69, 9.17) is 0 Å². The van der Waals surface area contributed by atoms with Crippen LogP contribution in [-0.4, -0.2) is 0 Å². The third-order valence-corrected chi connectivity index (χ3v) is 5.83. The lowest BCUT2D eigenvalue weighted by atomic mass is 9.89. The molecule has 2 aromatic rings. The molecule has 1 aromatic heterocycles. The van der Waals surface area contributed by atoms with Crippen molar-refractivity contribution in [3.63, 3.8) is 0 Å². The van der Waals surface area contributed by atoms with Crippen LogP contribution in [0.25, 0.3) is 0 Å². The molecule has 0 aliphatic rings. The Balaban J connectivity index is 2.57. The minimum Gasteiger partial charge on any atom is -0.152 e. The topological polar surface area (TPSA) is 0 Å². The molecule has 0 aliphatic heterocycles. The smallest absolute Gasteiger partial charge is 0.0660 e. The molecule has 0 saturated heterocycles. The molecule has 1 heterocycles. The highest BCUT2D eigenvalue weighted by Gasteiger charge is 2.20. The predicted molar refractivity (Wildman–Crippen MR) is 94.4 cm³/mol. The van der Waals surface area contributed by atoms with Gasteiger partial charge in [-0.25, -0.2) is 0 Å². The zero-order valence-corrected chi connectivity index (χ0v) is 15.2. The van der Waals surface area contributed by atoms with E-state index in [1.54, 1.807) is 11.3 Å². The average Bonchev–Trinajstić information content (AvgIpc) is 2.91. The number of hydrogen-bond acceptors (Lipinski definition) is 1. The number of hydrogen-bond donors (Lipinski definition) is 0. The van der Waals surface area contributed by atoms with Crippen molar-refractivity contribution in [1.29, 1.82) is 0 Å². The minimum absolute atomic E-state index is 0.324. The summed E-state index contributed by atoms with van der Waals surface area (Å²) in [5, 5.41) is 4.52. The molecule has 108 valence electrons. The van der Waals surface area contributed by atoms with E-state index in [-0.39, 0.29) is 0 Å². The summed E-state index contributed by atoms with van der Waals surface area (Å²) >= 11 is 5.75. The van der Waals surface area contributed by atoms with Gasteiger partial charge >= 0.3 is 0 Å². The molecular weight excluding hydrogens is 328 g/mol. The first kappa shape index (κ1) is 15.8. The molecule has 0 spiro atoms. The Hall–Kier alpha value is -0.600. The van der Waals surface area contributed by atoms with Crippen molar-refractivity contribution in [2.75, 3.05) is 0 Å². The highest BCUT2D eigenvalue weighted by atomic mass is 79.9. The summed E-state index contributed by atoms with van der Waals surface area (Å²) < 4.78 is 0. The average molecular weight is 351 g/mol. The maximum absolute atomic E-state index is 3.96. The molecule has 0 aliphatic carbocycles. The molecule has 1 unspecified atom stereocenters. The Kier molecular flexibility index (Phi) is 5.45. The van der Waals surface area contributed by atoms with Gasteiger partial charge in [0.05, 0.1) is 4.83 Å². The van der Waals surface area contributed by atoms with E-state index in [1.165, 1.54) is 33.4 Å². The maximum atomic E-state index is 3.96. The van der Waals surface area contributed by atoms with Crippen LogP contribution in [0.15, 0.2) is 22.9 Å². The molecule has 0 N–H and O–H groups in total. The molecule has 2 heteroatoms. The van der Waals surface area contributed by atoms with E-state index >= 15 is 0 Å². The van der Waals surface area contributed by atoms with Crippen molar-refractivity contribution < 1.29 is 0 Å². The van der Waals surface area contributed by atoms with Gasteiger partial charge in [0.2, 0.25) is 0 Å². The van der Waals surface area contributed by atoms with Gasteiger partial charge < -0.3 is 0 Å². The molecule has 0 amide bonds. The first-order valence-electron chi connectivity index (χ1n) is 7.43. The molecule has 1 aromatic carbocycles. The van der Waals surface area contributed by atoms with E-state index in [0.717, 1.165) is 19.3 Å². The fraction of sp³-hybridized carbons (Fsp3) is 0.444. The van der Waals surface area contributed by atoms with E-state index < -0.39 is 0 Å². The second-order valence-electron chi connectivity index (χ2n) is 5.26. The highest BCUT2D eigenvalue weighted by molar-refractivity contribution is 9.09. The van der Waals surface area contributed by atoms with Crippen LogP contribution in [0.1, 0.15) is 59.0 Å². The van der Waals surface area contributed by atoms with Gasteiger partial charge in [0.25, 0.3) is 0 Å². The number of rotatable bonds is 5. The summed E-state index contributed by atoms with van der Waals surface area (Å²) in [5.41, 5.74) is 8.75. The first-order chi connectivity index (χ1) is 9.62. The maximum Gasteiger partial charge on any atom is 0.0660 e. The number of halogens is 1. The Morgan fingerprint density at radius 2 is 1.60 bits per heavy atom. The Bertz CT molecular complexity index is 558. The summed E-state index contributed by atoms with van der Waals surface area (Å²) in [7, 11) is 0. The number of alkyl halides is 1. The Labute approximate surface area is 135 Å². The van der Waals surface area contributed by atoms with Crippen molar-refractivity contribution in [3.8, 4) is 0 Å². The quantitative estimate of drug-likeness (QED) is 0.560. The molecule has 2 rings (SSSR count). The van der Waals surface area contributed by atoms with Crippen LogP contribution in [0, 0.1) is 6.92 Å². The van der Waals surface area contributed by atoms with E-state index in [9.17, 15) is 0 Å². The second-order valence-corrected chi connectivity index (χ2v) is 6.92. The lowest BCUT2D eigenvalue weighted by Crippen LogP contribution is -2.05. The summed E-state index contributed by atoms with van der Waals surface area (Å²) in [6.45, 7) is 8.97. The van der Waals surface area contributed by atoms with Crippen LogP contribution < -0.4 is 0 Å². The molecule has 0 fully saturated rings. The largest absolute Gasteiger partial charge is 0.152 e. The monoisotopic (exact) mass is 350 g/mol. The molecule has 0 bridgehead atoms. The van der Waals surface area contributed by atoms with Crippen LogP contribution in [0.2, 0.25) is 0 Å². The van der Waals surface area contributed by atoms with Crippen molar-refractivity contribution in [1.82, 2.24) is 0 Å². The Morgan fingerprint density at radius 1 is 1.00 bits per heavy atom. The summed E-state index contributed by atoms with van der Waals surface area (Å²) in [4.78, 5) is 0.324. The molecule has 20 heavy (non-hydrogen) atoms. The van der Waals surface area contributed by atoms with Crippen LogP contribution in [0.5, 0.6) is 0 Å². The fourth-order valence-corrected chi connectivity index (χ4v) is 4.88. The normalized spacial score (nSPS) is 12.7. The van der Waals surface area contributed by atoms with Crippen LogP contribution in [0.4, 0.5) is 0 Å². The van der Waals surface area contributed by atoms with Crippen molar-refractivity contribution >= 4 is 27.3 Å². The van der Waals surface area contributed by atoms with Gasteiger partial charge in [-0.15, -0.1) is 0 Å². The van der Waals surface area contributed by atoms with Gasteiger partial charge in [-0.1, -0.05) is 48.8 Å². The zero-order valence-electron chi connectivity index (χ0n) is 12.8. The van der Waals surface area contributed by atoms with Gasteiger partial charge in [0.1, 0.15) is 0 Å². The van der Waals surface area contributed by atoms with E-state index in [1.807, 2.05) is 0 Å². The third-order valence-electron chi connectivity index (χ3n) is 4.00. The SMILES string of the molecule is CCc1cc(CC)c(C(Br)c2cscc2C)c(CC)c1. The predicted octanol–water partition coefficient (Wildman–Crippen LogP) is 6.23. The minimum atomic E-state index is 0.324. The van der Waals surface area contributed by atoms with E-state index in [2.05, 4.69) is 66.5 Å². The first-order valence-corrected chi connectivity index (χ1v) is 9.29. The molecule has 0 radical (unpaired) electrons. The zero-order chi connectivity index (χ0) is 14.7. The van der Waals surface area contributed by atoms with Gasteiger partial charge in [-0.2, -0.15) is 11.3 Å². The van der Waals surface area contributed by atoms with Crippen molar-refractivity contribution in [2.45, 2.75) is 51.8 Å². The van der Waals surface area contributed by atoms with Crippen LogP contribution >= 0.6 is 27.3 Å². The number of aryl methyl sites for hydroxylation is 4. The van der Waals surface area contributed by atoms with Crippen molar-refractivity contribution in [2.24, 2.45) is 0 Å². The third kappa shape index (κ3) is 3.01. The van der Waals surface area contributed by atoms with Gasteiger partial charge in [0, 0.05) is 0 Å². The Morgan fingerprint density at radius 3 is 2.00 bits per heavy atom. The molecular formula is C18H23BrS. The summed E-state index contributed by atoms with van der Waals surface area (Å²) in [6.07, 6.45) is 3.31. The number of thiophene rings is 1. The van der Waals surface area contributed by atoms with E-state index in [0.29, 0.717) is 4.83 Å². The number of benzene rings is 1. The standard InChI is InChI=1S/C18H23BrS/c1-5-13-8-14(6-2)17(15(7-3)9-13)18(19)16-11-20-10-12(16)4/h8-11,18H,5-7H2,1-4H3. The van der Waals surface area contributed by atoms with Crippen LogP contribution in [0.3, 0.4) is 0 Å². The summed E-state index contributed by atoms with van der Waals surface area (Å²) in [6, 6.07) is 4.79. The second kappa shape index (κ2) is 6.91. The highest BCUT2D eigenvalue weighted by Crippen LogP contribution is 2.39. The molecule has 1 atom stereocenters. The lowest BCUT2D eigenvalue weighted by Gasteiger charge is -2.20. The fourth-order valence-electron chi connectivity index (χ4n) is 2.75. The molecule has 0 saturated carbocycles. The van der Waals surface area contributed by atoms with Crippen molar-refractivity contribution in [3.05, 3.63) is 56.3 Å². The van der Waals surface area contributed by atoms with Crippen LogP contribution in [-0.2, 0) is 19.3 Å². The summed E-state index contributed by atoms with van der Waals surface area (Å²) in [5.74, 6) is 0. The lowest BCUT2D eigenvalue weighted by molar-refractivity contribution is 0.973. The van der Waals surface area contributed by atoms with Gasteiger partial charge in [-0.05, 0) is 70.3 Å². The molecule has 0 nitrogen and oxygen atoms in total.